The highest BCUT2D eigenvalue weighted by atomic mass is 32.2. The van der Waals surface area contributed by atoms with Gasteiger partial charge in [0.05, 0.1) is 18.5 Å². The molecule has 0 aliphatic heterocycles. The maximum Gasteiger partial charge on any atom is 0.233 e. The van der Waals surface area contributed by atoms with Crippen molar-refractivity contribution in [3.05, 3.63) is 95.6 Å². The number of ether oxygens (including phenoxy) is 1. The summed E-state index contributed by atoms with van der Waals surface area (Å²) in [6.07, 6.45) is 0. The second-order valence-electron chi connectivity index (χ2n) is 7.43. The van der Waals surface area contributed by atoms with Crippen molar-refractivity contribution in [1.82, 2.24) is 5.32 Å². The highest BCUT2D eigenvalue weighted by molar-refractivity contribution is 8.00. The Labute approximate surface area is 193 Å². The number of amides is 2. The van der Waals surface area contributed by atoms with Crippen molar-refractivity contribution in [2.24, 2.45) is 0 Å². The van der Waals surface area contributed by atoms with Gasteiger partial charge in [-0.2, -0.15) is 0 Å². The van der Waals surface area contributed by atoms with Crippen molar-refractivity contribution in [1.29, 1.82) is 0 Å². The number of hydrogen-bond acceptors (Lipinski definition) is 4. The summed E-state index contributed by atoms with van der Waals surface area (Å²) in [5.74, 6) is -0.134. The Morgan fingerprint density at radius 3 is 2.22 bits per heavy atom. The first kappa shape index (κ1) is 23.6. The van der Waals surface area contributed by atoms with E-state index in [2.05, 4.69) is 10.6 Å². The Bertz CT molecular complexity index is 1020. The number of hydrogen-bond donors (Lipinski definition) is 2. The molecule has 0 radical (unpaired) electrons. The van der Waals surface area contributed by atoms with Gasteiger partial charge in [-0.3, -0.25) is 9.59 Å². The lowest BCUT2D eigenvalue weighted by molar-refractivity contribution is -0.120. The van der Waals surface area contributed by atoms with E-state index >= 15 is 0 Å². The van der Waals surface area contributed by atoms with E-state index in [9.17, 15) is 9.59 Å². The molecule has 1 unspecified atom stereocenters. The normalized spacial score (nSPS) is 11.6. The Kier molecular flexibility index (Phi) is 8.90. The molecule has 3 rings (SSSR count). The van der Waals surface area contributed by atoms with Gasteiger partial charge in [-0.1, -0.05) is 54.6 Å². The molecule has 1 atom stereocenters. The van der Waals surface area contributed by atoms with Crippen molar-refractivity contribution in [2.45, 2.75) is 43.8 Å². The van der Waals surface area contributed by atoms with Gasteiger partial charge in [0.2, 0.25) is 11.8 Å². The Morgan fingerprint density at radius 1 is 0.875 bits per heavy atom. The van der Waals surface area contributed by atoms with Gasteiger partial charge in [-0.05, 0) is 47.9 Å². The first-order valence-corrected chi connectivity index (χ1v) is 11.4. The van der Waals surface area contributed by atoms with Gasteiger partial charge in [0.25, 0.3) is 0 Å². The zero-order chi connectivity index (χ0) is 22.8. The summed E-state index contributed by atoms with van der Waals surface area (Å²) in [5, 5.41) is 5.52. The average molecular weight is 449 g/mol. The zero-order valence-electron chi connectivity index (χ0n) is 18.3. The third-order valence-corrected chi connectivity index (χ3v) is 5.91. The van der Waals surface area contributed by atoms with Gasteiger partial charge in [0.15, 0.2) is 0 Å². The minimum absolute atomic E-state index is 0.0269. The van der Waals surface area contributed by atoms with Gasteiger partial charge < -0.3 is 15.4 Å². The summed E-state index contributed by atoms with van der Waals surface area (Å²) in [6, 6.07) is 25.5. The van der Waals surface area contributed by atoms with E-state index in [1.807, 2.05) is 85.8 Å². The van der Waals surface area contributed by atoms with E-state index in [4.69, 9.17) is 4.74 Å². The van der Waals surface area contributed by atoms with Crippen LogP contribution in [0.5, 0.6) is 0 Å². The number of rotatable bonds is 10. The molecule has 0 spiro atoms. The van der Waals surface area contributed by atoms with Gasteiger partial charge >= 0.3 is 0 Å². The van der Waals surface area contributed by atoms with Crippen LogP contribution in [0.3, 0.4) is 0 Å². The Morgan fingerprint density at radius 2 is 1.53 bits per heavy atom. The minimum Gasteiger partial charge on any atom is -0.372 e. The van der Waals surface area contributed by atoms with Gasteiger partial charge in [0, 0.05) is 24.1 Å². The van der Waals surface area contributed by atoms with Crippen molar-refractivity contribution >= 4 is 29.3 Å². The fourth-order valence-corrected chi connectivity index (χ4v) is 4.02. The van der Waals surface area contributed by atoms with Crippen LogP contribution in [0, 0.1) is 0 Å². The standard InChI is InChI=1S/C26H28N2O3S/c1-19(32-25-14-12-24(13-15-25)28-20(2)29)26(30)27-16-22-10-6-7-11-23(22)18-31-17-21-8-4-3-5-9-21/h3-15,19H,16-18H2,1-2H3,(H,27,30)(H,28,29). The second kappa shape index (κ2) is 12.1. The number of carbonyl (C=O) groups excluding carboxylic acids is 2. The van der Waals surface area contributed by atoms with Crippen LogP contribution in [0.25, 0.3) is 0 Å². The van der Waals surface area contributed by atoms with E-state index in [0.29, 0.717) is 19.8 Å². The molecule has 2 N–H and O–H groups in total. The van der Waals surface area contributed by atoms with E-state index < -0.39 is 0 Å². The highest BCUT2D eigenvalue weighted by Gasteiger charge is 2.15. The van der Waals surface area contributed by atoms with Gasteiger partial charge in [0.1, 0.15) is 0 Å². The summed E-state index contributed by atoms with van der Waals surface area (Å²) in [5.41, 5.74) is 3.99. The molecule has 0 aliphatic carbocycles. The molecular weight excluding hydrogens is 420 g/mol. The molecule has 6 heteroatoms. The predicted octanol–water partition coefficient (Wildman–Crippen LogP) is 5.16. The lowest BCUT2D eigenvalue weighted by Crippen LogP contribution is -2.30. The molecule has 0 fully saturated rings. The molecule has 0 heterocycles. The average Bonchev–Trinajstić information content (AvgIpc) is 2.80. The monoisotopic (exact) mass is 448 g/mol. The summed E-state index contributed by atoms with van der Waals surface area (Å²) >= 11 is 1.48. The van der Waals surface area contributed by atoms with Crippen molar-refractivity contribution in [3.8, 4) is 0 Å². The maximum atomic E-state index is 12.6. The van der Waals surface area contributed by atoms with Crippen LogP contribution >= 0.6 is 11.8 Å². The molecule has 3 aromatic rings. The molecule has 0 aliphatic rings. The Hall–Kier alpha value is -3.09. The molecule has 5 nitrogen and oxygen atoms in total. The third kappa shape index (κ3) is 7.55. The highest BCUT2D eigenvalue weighted by Crippen LogP contribution is 2.25. The molecule has 0 saturated heterocycles. The van der Waals surface area contributed by atoms with Crippen LogP contribution in [0.1, 0.15) is 30.5 Å². The maximum absolute atomic E-state index is 12.6. The van der Waals surface area contributed by atoms with Crippen molar-refractivity contribution in [2.75, 3.05) is 5.32 Å². The number of carbonyl (C=O) groups is 2. The molecule has 0 saturated carbocycles. The van der Waals surface area contributed by atoms with Crippen molar-refractivity contribution < 1.29 is 14.3 Å². The lowest BCUT2D eigenvalue weighted by Gasteiger charge is -2.14. The van der Waals surface area contributed by atoms with Crippen LogP contribution in [0.4, 0.5) is 5.69 Å². The predicted molar refractivity (Wildman–Crippen MR) is 129 cm³/mol. The number of nitrogens with one attached hydrogen (secondary N) is 2. The zero-order valence-corrected chi connectivity index (χ0v) is 19.2. The SMILES string of the molecule is CC(=O)Nc1ccc(SC(C)C(=O)NCc2ccccc2COCc2ccccc2)cc1. The topological polar surface area (TPSA) is 67.4 Å². The second-order valence-corrected chi connectivity index (χ2v) is 8.84. The third-order valence-electron chi connectivity index (χ3n) is 4.80. The van der Waals surface area contributed by atoms with E-state index in [-0.39, 0.29) is 17.1 Å². The molecule has 166 valence electrons. The molecular formula is C26H28N2O3S. The largest absolute Gasteiger partial charge is 0.372 e. The minimum atomic E-state index is -0.247. The molecule has 32 heavy (non-hydrogen) atoms. The Balaban J connectivity index is 1.49. The first-order valence-electron chi connectivity index (χ1n) is 10.5. The van der Waals surface area contributed by atoms with Crippen LogP contribution in [0.15, 0.2) is 83.8 Å². The van der Waals surface area contributed by atoms with Gasteiger partial charge in [-0.15, -0.1) is 11.8 Å². The van der Waals surface area contributed by atoms with E-state index in [0.717, 1.165) is 27.3 Å². The van der Waals surface area contributed by atoms with Crippen LogP contribution in [-0.2, 0) is 34.1 Å². The van der Waals surface area contributed by atoms with Crippen LogP contribution in [-0.4, -0.2) is 17.1 Å². The van der Waals surface area contributed by atoms with Crippen LogP contribution in [0.2, 0.25) is 0 Å². The summed E-state index contributed by atoms with van der Waals surface area (Å²) < 4.78 is 5.87. The summed E-state index contributed by atoms with van der Waals surface area (Å²) in [4.78, 5) is 24.7. The number of anilines is 1. The number of benzene rings is 3. The molecule has 3 aromatic carbocycles. The fourth-order valence-electron chi connectivity index (χ4n) is 3.13. The smallest absolute Gasteiger partial charge is 0.233 e. The summed E-state index contributed by atoms with van der Waals surface area (Å²) in [6.45, 7) is 4.86. The van der Waals surface area contributed by atoms with E-state index in [1.165, 1.54) is 18.7 Å². The fraction of sp³-hybridized carbons (Fsp3) is 0.231. The molecule has 0 aromatic heterocycles. The summed E-state index contributed by atoms with van der Waals surface area (Å²) in [7, 11) is 0. The van der Waals surface area contributed by atoms with E-state index in [1.54, 1.807) is 0 Å². The first-order chi connectivity index (χ1) is 15.5. The van der Waals surface area contributed by atoms with Crippen molar-refractivity contribution in [3.63, 3.8) is 0 Å². The molecule has 2 amide bonds. The molecule has 0 bridgehead atoms. The quantitative estimate of drug-likeness (QED) is 0.421. The van der Waals surface area contributed by atoms with Gasteiger partial charge in [-0.25, -0.2) is 0 Å². The number of thioether (sulfide) groups is 1. The van der Waals surface area contributed by atoms with Crippen LogP contribution < -0.4 is 10.6 Å². The lowest BCUT2D eigenvalue weighted by atomic mass is 10.1.